The Labute approximate surface area is 186 Å². The zero-order chi connectivity index (χ0) is 21.8. The maximum Gasteiger partial charge on any atom is 0.294 e. The zero-order valence-electron chi connectivity index (χ0n) is 16.5. The average Bonchev–Trinajstić information content (AvgIpc) is 2.96. The average molecular weight is 491 g/mol. The largest absolute Gasteiger partial charge is 0.493 e. The summed E-state index contributed by atoms with van der Waals surface area (Å²) in [5, 5.41) is 2.19. The lowest BCUT2D eigenvalue weighted by Crippen LogP contribution is -2.36. The van der Waals surface area contributed by atoms with E-state index in [9.17, 15) is 14.4 Å². The van der Waals surface area contributed by atoms with Crippen LogP contribution in [0.3, 0.4) is 0 Å². The van der Waals surface area contributed by atoms with E-state index < -0.39 is 17.1 Å². The second-order valence-electron chi connectivity index (χ2n) is 6.42. The van der Waals surface area contributed by atoms with Crippen LogP contribution in [0.1, 0.15) is 11.1 Å². The van der Waals surface area contributed by atoms with Crippen LogP contribution in [0.5, 0.6) is 11.5 Å². The van der Waals surface area contributed by atoms with Crippen molar-refractivity contribution in [2.75, 3.05) is 26.1 Å². The smallest absolute Gasteiger partial charge is 0.294 e. The fourth-order valence-corrected chi connectivity index (χ4v) is 4.25. The number of carbonyl (C=O) groups is 3. The summed E-state index contributed by atoms with van der Waals surface area (Å²) in [6.45, 7) is 1.58. The van der Waals surface area contributed by atoms with Gasteiger partial charge in [0.15, 0.2) is 11.5 Å². The minimum atomic E-state index is -0.519. The van der Waals surface area contributed by atoms with E-state index in [0.717, 1.165) is 22.2 Å². The molecule has 0 spiro atoms. The van der Waals surface area contributed by atoms with E-state index in [4.69, 9.17) is 9.47 Å². The van der Waals surface area contributed by atoms with Crippen LogP contribution in [-0.2, 0) is 9.59 Å². The van der Waals surface area contributed by atoms with Crippen LogP contribution in [0.25, 0.3) is 6.08 Å². The van der Waals surface area contributed by atoms with Gasteiger partial charge in [-0.25, -0.2) is 0 Å². The summed E-state index contributed by atoms with van der Waals surface area (Å²) in [5.41, 5.74) is 2.31. The molecule has 1 fully saturated rings. The molecule has 0 radical (unpaired) electrons. The number of carbonyl (C=O) groups excluding carboxylic acids is 3. The number of ether oxygens (including phenoxy) is 2. The van der Waals surface area contributed by atoms with Crippen LogP contribution in [-0.4, -0.2) is 42.7 Å². The van der Waals surface area contributed by atoms with E-state index in [1.165, 1.54) is 14.2 Å². The third-order valence-corrected chi connectivity index (χ3v) is 5.76. The molecule has 0 aliphatic carbocycles. The Hall–Kier alpha value is -2.78. The second-order valence-corrected chi connectivity index (χ2v) is 8.27. The van der Waals surface area contributed by atoms with Gasteiger partial charge in [0, 0.05) is 5.69 Å². The van der Waals surface area contributed by atoms with Gasteiger partial charge in [-0.2, -0.15) is 0 Å². The van der Waals surface area contributed by atoms with Crippen LogP contribution in [0.4, 0.5) is 10.5 Å². The number of nitrogens with one attached hydrogen (secondary N) is 1. The molecule has 9 heteroatoms. The van der Waals surface area contributed by atoms with Crippen molar-refractivity contribution < 1.29 is 23.9 Å². The van der Waals surface area contributed by atoms with Crippen molar-refractivity contribution in [3.63, 3.8) is 0 Å². The van der Waals surface area contributed by atoms with Gasteiger partial charge in [-0.3, -0.25) is 19.3 Å². The molecule has 2 aromatic carbocycles. The number of rotatable bonds is 6. The van der Waals surface area contributed by atoms with Crippen molar-refractivity contribution in [2.45, 2.75) is 6.92 Å². The number of amides is 3. The minimum absolute atomic E-state index is 0.224. The number of aryl methyl sites for hydroxylation is 1. The number of benzene rings is 2. The lowest BCUT2D eigenvalue weighted by atomic mass is 10.2. The standard InChI is InChI=1S/C21H19BrN2O5S/c1-12-4-6-14(7-5-12)23-18(25)11-24-20(26)17(30-21(24)27)10-13-8-15(22)19(29-3)16(9-13)28-2/h4-10H,11H2,1-3H3,(H,23,25). The van der Waals surface area contributed by atoms with Crippen LogP contribution in [0.15, 0.2) is 45.8 Å². The molecule has 7 nitrogen and oxygen atoms in total. The molecule has 1 aliphatic rings. The van der Waals surface area contributed by atoms with Crippen molar-refractivity contribution in [2.24, 2.45) is 0 Å². The fraction of sp³-hybridized carbons (Fsp3) is 0.190. The minimum Gasteiger partial charge on any atom is -0.493 e. The Kier molecular flexibility index (Phi) is 6.84. The number of methoxy groups -OCH3 is 2. The number of anilines is 1. The zero-order valence-corrected chi connectivity index (χ0v) is 18.9. The molecule has 0 saturated carbocycles. The van der Waals surface area contributed by atoms with Crippen LogP contribution >= 0.6 is 27.7 Å². The molecule has 156 valence electrons. The monoisotopic (exact) mass is 490 g/mol. The van der Waals surface area contributed by atoms with Crippen molar-refractivity contribution in [1.82, 2.24) is 4.90 Å². The SMILES string of the molecule is COc1cc(C=C2SC(=O)N(CC(=O)Nc3ccc(C)cc3)C2=O)cc(Br)c1OC. The summed E-state index contributed by atoms with van der Waals surface area (Å²) in [7, 11) is 3.03. The molecule has 1 saturated heterocycles. The highest BCUT2D eigenvalue weighted by Crippen LogP contribution is 2.38. The number of hydrogen-bond donors (Lipinski definition) is 1. The van der Waals surface area contributed by atoms with E-state index in [1.54, 1.807) is 30.3 Å². The number of halogens is 1. The Bertz CT molecular complexity index is 1040. The first-order valence-electron chi connectivity index (χ1n) is 8.85. The summed E-state index contributed by atoms with van der Waals surface area (Å²) >= 11 is 4.19. The normalized spacial score (nSPS) is 14.9. The molecular formula is C21H19BrN2O5S. The van der Waals surface area contributed by atoms with E-state index in [2.05, 4.69) is 21.2 Å². The van der Waals surface area contributed by atoms with Gasteiger partial charge in [-0.15, -0.1) is 0 Å². The summed E-state index contributed by atoms with van der Waals surface area (Å²) in [6.07, 6.45) is 1.58. The Balaban J connectivity index is 1.75. The first-order valence-corrected chi connectivity index (χ1v) is 10.5. The third kappa shape index (κ3) is 4.85. The van der Waals surface area contributed by atoms with E-state index in [0.29, 0.717) is 27.2 Å². The van der Waals surface area contributed by atoms with E-state index >= 15 is 0 Å². The topological polar surface area (TPSA) is 84.9 Å². The summed E-state index contributed by atoms with van der Waals surface area (Å²) < 4.78 is 11.2. The van der Waals surface area contributed by atoms with Gasteiger partial charge in [0.05, 0.1) is 23.6 Å². The summed E-state index contributed by atoms with van der Waals surface area (Å²) in [5.74, 6) is 0.0385. The lowest BCUT2D eigenvalue weighted by molar-refractivity contribution is -0.127. The Morgan fingerprint density at radius 3 is 2.50 bits per heavy atom. The van der Waals surface area contributed by atoms with Gasteiger partial charge >= 0.3 is 0 Å². The van der Waals surface area contributed by atoms with Gasteiger partial charge in [0.25, 0.3) is 11.1 Å². The predicted molar refractivity (Wildman–Crippen MR) is 120 cm³/mol. The van der Waals surface area contributed by atoms with E-state index in [1.807, 2.05) is 19.1 Å². The molecule has 0 aromatic heterocycles. The maximum absolute atomic E-state index is 12.7. The molecule has 3 amide bonds. The molecule has 0 atom stereocenters. The highest BCUT2D eigenvalue weighted by molar-refractivity contribution is 9.10. The number of hydrogen-bond acceptors (Lipinski definition) is 6. The molecule has 30 heavy (non-hydrogen) atoms. The Morgan fingerprint density at radius 1 is 1.17 bits per heavy atom. The van der Waals surface area contributed by atoms with Gasteiger partial charge in [-0.05, 0) is 70.5 Å². The molecule has 1 N–H and O–H groups in total. The molecule has 0 bridgehead atoms. The quantitative estimate of drug-likeness (QED) is 0.602. The number of nitrogens with zero attached hydrogens (tertiary/aromatic N) is 1. The summed E-state index contributed by atoms with van der Waals surface area (Å²) in [6, 6.07) is 10.7. The molecule has 1 heterocycles. The van der Waals surface area contributed by atoms with Crippen LogP contribution in [0.2, 0.25) is 0 Å². The van der Waals surface area contributed by atoms with E-state index in [-0.39, 0.29) is 11.4 Å². The molecular weight excluding hydrogens is 472 g/mol. The molecule has 0 unspecified atom stereocenters. The lowest BCUT2D eigenvalue weighted by Gasteiger charge is -2.12. The van der Waals surface area contributed by atoms with Gasteiger partial charge < -0.3 is 14.8 Å². The summed E-state index contributed by atoms with van der Waals surface area (Å²) in [4.78, 5) is 38.4. The number of imide groups is 1. The van der Waals surface area contributed by atoms with Crippen molar-refractivity contribution in [1.29, 1.82) is 0 Å². The van der Waals surface area contributed by atoms with Crippen molar-refractivity contribution in [3.05, 3.63) is 56.9 Å². The van der Waals surface area contributed by atoms with Crippen LogP contribution < -0.4 is 14.8 Å². The van der Waals surface area contributed by atoms with Gasteiger partial charge in [-0.1, -0.05) is 17.7 Å². The van der Waals surface area contributed by atoms with Crippen molar-refractivity contribution in [3.8, 4) is 11.5 Å². The fourth-order valence-electron chi connectivity index (χ4n) is 2.79. The van der Waals surface area contributed by atoms with Crippen LogP contribution in [0, 0.1) is 6.92 Å². The first kappa shape index (κ1) is 21.9. The first-order chi connectivity index (χ1) is 14.3. The highest BCUT2D eigenvalue weighted by Gasteiger charge is 2.36. The van der Waals surface area contributed by atoms with Gasteiger partial charge in [0.1, 0.15) is 6.54 Å². The molecule has 3 rings (SSSR count). The Morgan fingerprint density at radius 2 is 1.87 bits per heavy atom. The maximum atomic E-state index is 12.7. The van der Waals surface area contributed by atoms with Gasteiger partial charge in [0.2, 0.25) is 5.91 Å². The molecule has 1 aliphatic heterocycles. The molecule has 2 aromatic rings. The highest BCUT2D eigenvalue weighted by atomic mass is 79.9. The second kappa shape index (κ2) is 9.36. The predicted octanol–water partition coefficient (Wildman–Crippen LogP) is 4.45. The third-order valence-electron chi connectivity index (χ3n) is 4.26. The van der Waals surface area contributed by atoms with Crippen molar-refractivity contribution >= 4 is 56.5 Å². The number of thioether (sulfide) groups is 1.